The molecule has 2 saturated carbocycles. The molecular formula is C48H66N2O8S. The van der Waals surface area contributed by atoms with Crippen molar-refractivity contribution in [3.63, 3.8) is 0 Å². The summed E-state index contributed by atoms with van der Waals surface area (Å²) in [5.74, 6) is 1.36. The third-order valence-electron chi connectivity index (χ3n) is 13.5. The number of likely N-dealkylation sites (N-methyl/N-ethyl adjacent to an activating group) is 1. The largest absolute Gasteiger partial charge is 0.459 e. The van der Waals surface area contributed by atoms with Crippen LogP contribution in [0.15, 0.2) is 76.8 Å². The van der Waals surface area contributed by atoms with Crippen molar-refractivity contribution in [2.75, 3.05) is 39.7 Å². The molecule has 7 atom stereocenters. The van der Waals surface area contributed by atoms with Gasteiger partial charge in [-0.25, -0.2) is 0 Å². The van der Waals surface area contributed by atoms with Crippen LogP contribution in [0.5, 0.6) is 17.2 Å². The molecule has 2 N–H and O–H groups in total. The van der Waals surface area contributed by atoms with Gasteiger partial charge in [0.1, 0.15) is 23.3 Å². The van der Waals surface area contributed by atoms with Crippen molar-refractivity contribution in [1.29, 1.82) is 0 Å². The molecule has 0 spiro atoms. The molecule has 10 nitrogen and oxygen atoms in total. The fourth-order valence-corrected chi connectivity index (χ4v) is 10.9. The number of allylic oxidation sites excluding steroid dienone is 1. The first-order valence-electron chi connectivity index (χ1n) is 22.3. The molecule has 7 rings (SSSR count). The molecule has 5 aliphatic rings. The van der Waals surface area contributed by atoms with Crippen LogP contribution in [0.3, 0.4) is 0 Å². The summed E-state index contributed by atoms with van der Waals surface area (Å²) in [5, 5.41) is 24.8. The molecule has 1 saturated heterocycles. The van der Waals surface area contributed by atoms with E-state index in [0.29, 0.717) is 43.3 Å². The van der Waals surface area contributed by atoms with E-state index in [2.05, 4.69) is 37.1 Å². The van der Waals surface area contributed by atoms with E-state index in [0.717, 1.165) is 85.3 Å². The topological polar surface area (TPSA) is 119 Å². The first-order chi connectivity index (χ1) is 28.9. The zero-order valence-corrected chi connectivity index (χ0v) is 36.0. The minimum Gasteiger partial charge on any atom is -0.459 e. The predicted octanol–water partition coefficient (Wildman–Crippen LogP) is 9.79. The van der Waals surface area contributed by atoms with E-state index in [1.165, 1.54) is 25.7 Å². The van der Waals surface area contributed by atoms with Crippen LogP contribution in [0.2, 0.25) is 0 Å². The number of aliphatic hydroxyl groups is 2. The van der Waals surface area contributed by atoms with E-state index >= 15 is 0 Å². The Balaban J connectivity index is 1.37. The lowest BCUT2D eigenvalue weighted by Gasteiger charge is -2.59. The monoisotopic (exact) mass is 830 g/mol. The molecule has 3 fully saturated rings. The molecule has 2 heterocycles. The van der Waals surface area contributed by atoms with Crippen molar-refractivity contribution < 1.29 is 38.8 Å². The quantitative estimate of drug-likeness (QED) is 0.0582. The van der Waals surface area contributed by atoms with Crippen molar-refractivity contribution in [3.05, 3.63) is 72.3 Å². The van der Waals surface area contributed by atoms with Gasteiger partial charge in [-0.05, 0) is 117 Å². The van der Waals surface area contributed by atoms with E-state index in [4.69, 9.17) is 28.9 Å². The van der Waals surface area contributed by atoms with Crippen LogP contribution in [-0.4, -0.2) is 84.6 Å². The molecule has 322 valence electrons. The van der Waals surface area contributed by atoms with Gasteiger partial charge in [0.25, 0.3) is 0 Å². The summed E-state index contributed by atoms with van der Waals surface area (Å²) in [6.07, 6.45) is 20.1. The Morgan fingerprint density at radius 1 is 0.983 bits per heavy atom. The minimum atomic E-state index is -1.27. The van der Waals surface area contributed by atoms with Crippen molar-refractivity contribution in [1.82, 2.24) is 4.90 Å². The van der Waals surface area contributed by atoms with Gasteiger partial charge < -0.3 is 38.9 Å². The molecule has 1 amide bonds. The van der Waals surface area contributed by atoms with Gasteiger partial charge in [-0.3, -0.25) is 4.79 Å². The number of amides is 1. The number of rotatable bonds is 20. The highest BCUT2D eigenvalue weighted by atomic mass is 32.2. The lowest BCUT2D eigenvalue weighted by molar-refractivity contribution is -0.256. The summed E-state index contributed by atoms with van der Waals surface area (Å²) in [4.78, 5) is 23.7. The number of aliphatic hydroxyl groups excluding tert-OH is 2. The van der Waals surface area contributed by atoms with Crippen molar-refractivity contribution >= 4 is 23.4 Å². The van der Waals surface area contributed by atoms with Crippen LogP contribution in [0.25, 0.3) is 0 Å². The molecular weight excluding hydrogens is 765 g/mol. The highest BCUT2D eigenvalue weighted by molar-refractivity contribution is 7.98. The van der Waals surface area contributed by atoms with Crippen LogP contribution < -0.4 is 9.47 Å². The van der Waals surface area contributed by atoms with Crippen LogP contribution >= 0.6 is 11.8 Å². The molecule has 0 aromatic heterocycles. The number of hydrogen-bond donors (Lipinski definition) is 2. The number of ether oxygens (including phenoxy) is 4. The van der Waals surface area contributed by atoms with Gasteiger partial charge in [-0.2, -0.15) is 0 Å². The highest BCUT2D eigenvalue weighted by Gasteiger charge is 2.65. The zero-order valence-electron chi connectivity index (χ0n) is 35.2. The summed E-state index contributed by atoms with van der Waals surface area (Å²) in [7, 11) is 1.91. The summed E-state index contributed by atoms with van der Waals surface area (Å²) < 4.78 is 27.0. The Kier molecular flexibility index (Phi) is 15.5. The number of hydrogen-bond acceptors (Lipinski definition) is 10. The lowest BCUT2D eigenvalue weighted by Crippen LogP contribution is -2.69. The maximum absolute atomic E-state index is 14.4. The molecule has 0 radical (unpaired) electrons. The maximum Gasteiger partial charge on any atom is 0.239 e. The lowest BCUT2D eigenvalue weighted by atomic mass is 9.55. The zero-order chi connectivity index (χ0) is 41.2. The average Bonchev–Trinajstić information content (AvgIpc) is 3.80. The number of thioether (sulfide) groups is 1. The SMILES string of the molecule is C=CCOC12Oc3ccc(Oc4ccc(SC)cc4)cc3C3C(CCCCO)C(CCCCO)C=C(C(=NOC4CCCCO4)CC1N(C)C(=O)CCC1CCCC1)C32. The second-order valence-electron chi connectivity index (χ2n) is 17.1. The second-order valence-corrected chi connectivity index (χ2v) is 18.0. The van der Waals surface area contributed by atoms with Gasteiger partial charge in [0, 0.05) is 55.9 Å². The number of fused-ring (bicyclic) bond motifs is 2. The predicted molar refractivity (Wildman–Crippen MR) is 232 cm³/mol. The van der Waals surface area contributed by atoms with Crippen molar-refractivity contribution in [2.45, 2.75) is 132 Å². The number of nitrogens with zero attached hydrogens (tertiary/aromatic N) is 2. The average molecular weight is 831 g/mol. The molecule has 7 unspecified atom stereocenters. The molecule has 11 heteroatoms. The fraction of sp³-hybridized carbons (Fsp3) is 0.625. The Labute approximate surface area is 355 Å². The summed E-state index contributed by atoms with van der Waals surface area (Å²) >= 11 is 1.69. The Bertz CT molecular complexity index is 1760. The molecule has 3 aliphatic carbocycles. The number of oxime groups is 1. The smallest absolute Gasteiger partial charge is 0.239 e. The van der Waals surface area contributed by atoms with Crippen LogP contribution in [0.4, 0.5) is 0 Å². The minimum absolute atomic E-state index is 0.0751. The van der Waals surface area contributed by atoms with Gasteiger partial charge in [0.2, 0.25) is 18.0 Å². The number of benzene rings is 2. The molecule has 0 bridgehead atoms. The molecule has 59 heavy (non-hydrogen) atoms. The van der Waals surface area contributed by atoms with Crippen LogP contribution in [0, 0.1) is 23.7 Å². The molecule has 2 aliphatic heterocycles. The van der Waals surface area contributed by atoms with E-state index in [1.807, 2.05) is 36.2 Å². The summed E-state index contributed by atoms with van der Waals surface area (Å²) in [6, 6.07) is 13.7. The van der Waals surface area contributed by atoms with Gasteiger partial charge in [-0.1, -0.05) is 55.8 Å². The highest BCUT2D eigenvalue weighted by Crippen LogP contribution is 2.62. The van der Waals surface area contributed by atoms with E-state index in [1.54, 1.807) is 17.8 Å². The third-order valence-corrected chi connectivity index (χ3v) is 14.2. The third kappa shape index (κ3) is 10.1. The molecule has 2 aromatic carbocycles. The van der Waals surface area contributed by atoms with Crippen LogP contribution in [0.1, 0.15) is 114 Å². The van der Waals surface area contributed by atoms with Gasteiger partial charge in [-0.15, -0.1) is 18.3 Å². The first kappa shape index (κ1) is 43.7. The Hall–Kier alpha value is -3.35. The second kappa shape index (κ2) is 21.0. The first-order valence-corrected chi connectivity index (χ1v) is 23.5. The fourth-order valence-electron chi connectivity index (χ4n) is 10.5. The summed E-state index contributed by atoms with van der Waals surface area (Å²) in [6.45, 7) is 5.20. The number of carbonyl (C=O) groups excluding carboxylic acids is 1. The Morgan fingerprint density at radius 3 is 2.44 bits per heavy atom. The van der Waals surface area contributed by atoms with Gasteiger partial charge >= 0.3 is 0 Å². The van der Waals surface area contributed by atoms with E-state index < -0.39 is 18.1 Å². The van der Waals surface area contributed by atoms with Crippen molar-refractivity contribution in [3.8, 4) is 17.2 Å². The summed E-state index contributed by atoms with van der Waals surface area (Å²) in [5.41, 5.74) is 2.85. The normalized spacial score (nSPS) is 28.3. The van der Waals surface area contributed by atoms with E-state index in [9.17, 15) is 15.0 Å². The number of unbranched alkanes of at least 4 members (excludes halogenated alkanes) is 2. The Morgan fingerprint density at radius 2 is 1.73 bits per heavy atom. The molecule has 2 aromatic rings. The number of carbonyl (C=O) groups is 1. The maximum atomic E-state index is 14.4. The standard InChI is InChI=1S/C48H66N2O8S/c1-4-28-55-48-43(50(2)44(53)25-18-33-13-5-6-14-33)32-41(49-58-45-17-9-12-29-54-45)39-30-34(15-7-10-26-51)38(16-8-11-27-52)46(47(39)48)40-31-36(21-24-42(40)57-48)56-35-19-22-37(59-3)23-20-35/h4,19-24,30-31,33-34,38,43,45-47,51-52H,1,5-18,25-29,32H2,2-3H3. The van der Waals surface area contributed by atoms with Crippen molar-refractivity contribution in [2.24, 2.45) is 28.8 Å². The van der Waals surface area contributed by atoms with Gasteiger partial charge in [0.15, 0.2) is 0 Å². The van der Waals surface area contributed by atoms with Gasteiger partial charge in [0.05, 0.1) is 24.8 Å². The van der Waals surface area contributed by atoms with E-state index in [-0.39, 0.29) is 49.4 Å². The van der Waals surface area contributed by atoms with Crippen LogP contribution in [-0.2, 0) is 19.1 Å².